The summed E-state index contributed by atoms with van der Waals surface area (Å²) < 4.78 is 39.3. The van der Waals surface area contributed by atoms with Crippen LogP contribution in [0.1, 0.15) is 0 Å². The predicted octanol–water partition coefficient (Wildman–Crippen LogP) is 0.937. The molecule has 1 atom stereocenters. The van der Waals surface area contributed by atoms with Gasteiger partial charge in [0.15, 0.2) is 5.03 Å². The minimum Gasteiger partial charge on any atom is -0.489 e. The number of nitrogens with zero attached hydrogens (tertiary/aromatic N) is 4. The number of aromatic nitrogens is 3. The molecular formula is C14H17ClN4O4S. The van der Waals surface area contributed by atoms with Crippen molar-refractivity contribution in [3.05, 3.63) is 36.0 Å². The lowest BCUT2D eigenvalue weighted by molar-refractivity contribution is -0.0250. The molecule has 3 rings (SSSR count). The lowest BCUT2D eigenvalue weighted by Crippen LogP contribution is -2.47. The third-order valence-electron chi connectivity index (χ3n) is 3.50. The first-order valence-electron chi connectivity index (χ1n) is 7.28. The summed E-state index contributed by atoms with van der Waals surface area (Å²) in [4.78, 5) is 7.86. The minimum atomic E-state index is -3.63. The number of sulfonamides is 1. The van der Waals surface area contributed by atoms with E-state index in [1.54, 1.807) is 17.7 Å². The smallest absolute Gasteiger partial charge is 0.262 e. The molecular weight excluding hydrogens is 356 g/mol. The first kappa shape index (κ1) is 17.2. The van der Waals surface area contributed by atoms with Gasteiger partial charge in [0.05, 0.1) is 24.2 Å². The van der Waals surface area contributed by atoms with E-state index in [-0.39, 0.29) is 30.8 Å². The fourth-order valence-corrected chi connectivity index (χ4v) is 3.91. The van der Waals surface area contributed by atoms with Crippen molar-refractivity contribution in [2.45, 2.75) is 11.1 Å². The fraction of sp³-hybridized carbons (Fsp3) is 0.429. The van der Waals surface area contributed by atoms with Crippen molar-refractivity contribution in [3.63, 3.8) is 0 Å². The number of ether oxygens (including phenoxy) is 2. The van der Waals surface area contributed by atoms with Crippen molar-refractivity contribution >= 4 is 21.6 Å². The average Bonchev–Trinajstić information content (AvgIpc) is 3.01. The predicted molar refractivity (Wildman–Crippen MR) is 86.4 cm³/mol. The summed E-state index contributed by atoms with van der Waals surface area (Å²) in [6, 6.07) is 1.64. The second kappa shape index (κ2) is 7.06. The molecule has 0 bridgehead atoms. The molecule has 24 heavy (non-hydrogen) atoms. The molecule has 0 aromatic carbocycles. The zero-order valence-electron chi connectivity index (χ0n) is 13.0. The van der Waals surface area contributed by atoms with E-state index in [1.807, 2.05) is 0 Å². The Morgan fingerprint density at radius 3 is 3.00 bits per heavy atom. The number of hydrogen-bond donors (Lipinski definition) is 0. The van der Waals surface area contributed by atoms with Crippen LogP contribution in [0.25, 0.3) is 0 Å². The molecule has 2 aromatic heterocycles. The van der Waals surface area contributed by atoms with Crippen LogP contribution in [0.15, 0.2) is 36.0 Å². The van der Waals surface area contributed by atoms with Gasteiger partial charge in [-0.1, -0.05) is 11.6 Å². The van der Waals surface area contributed by atoms with Crippen LogP contribution in [0.5, 0.6) is 5.75 Å². The Morgan fingerprint density at radius 1 is 1.46 bits per heavy atom. The molecule has 1 saturated heterocycles. The van der Waals surface area contributed by atoms with Gasteiger partial charge in [-0.25, -0.2) is 13.4 Å². The maximum atomic E-state index is 12.6. The molecule has 1 fully saturated rings. The van der Waals surface area contributed by atoms with Gasteiger partial charge in [0.2, 0.25) is 0 Å². The van der Waals surface area contributed by atoms with Crippen molar-refractivity contribution in [2.24, 2.45) is 7.05 Å². The summed E-state index contributed by atoms with van der Waals surface area (Å²) in [5.41, 5.74) is 0. The summed E-state index contributed by atoms with van der Waals surface area (Å²) in [6.45, 7) is 0.991. The van der Waals surface area contributed by atoms with Gasteiger partial charge in [-0.05, 0) is 0 Å². The Labute approximate surface area is 145 Å². The van der Waals surface area contributed by atoms with Gasteiger partial charge in [-0.2, -0.15) is 4.31 Å². The first-order valence-corrected chi connectivity index (χ1v) is 9.10. The van der Waals surface area contributed by atoms with Gasteiger partial charge in [-0.15, -0.1) is 0 Å². The number of imidazole rings is 1. The fourth-order valence-electron chi connectivity index (χ4n) is 2.33. The molecule has 0 radical (unpaired) electrons. The Hall–Kier alpha value is -1.68. The lowest BCUT2D eigenvalue weighted by atomic mass is 10.3. The largest absolute Gasteiger partial charge is 0.489 e. The molecule has 0 spiro atoms. The van der Waals surface area contributed by atoms with E-state index >= 15 is 0 Å². The number of halogens is 1. The highest BCUT2D eigenvalue weighted by Crippen LogP contribution is 2.19. The van der Waals surface area contributed by atoms with E-state index in [4.69, 9.17) is 21.1 Å². The quantitative estimate of drug-likeness (QED) is 0.776. The van der Waals surface area contributed by atoms with Crippen LogP contribution >= 0.6 is 11.6 Å². The maximum absolute atomic E-state index is 12.6. The van der Waals surface area contributed by atoms with Gasteiger partial charge in [0.25, 0.3) is 10.0 Å². The molecule has 1 aliphatic rings. The second-order valence-corrected chi connectivity index (χ2v) is 7.70. The zero-order valence-corrected chi connectivity index (χ0v) is 14.6. The summed E-state index contributed by atoms with van der Waals surface area (Å²) in [5, 5.41) is 0.502. The topological polar surface area (TPSA) is 86.6 Å². The Morgan fingerprint density at radius 2 is 2.29 bits per heavy atom. The minimum absolute atomic E-state index is 0.0330. The Bertz CT molecular complexity index is 811. The molecule has 1 aliphatic heterocycles. The molecule has 2 aromatic rings. The summed E-state index contributed by atoms with van der Waals surface area (Å²) in [6.07, 6.45) is 5.61. The van der Waals surface area contributed by atoms with Crippen LogP contribution in [-0.2, 0) is 21.8 Å². The van der Waals surface area contributed by atoms with Crippen LogP contribution in [-0.4, -0.2) is 59.7 Å². The van der Waals surface area contributed by atoms with E-state index < -0.39 is 10.0 Å². The number of hydrogen-bond acceptors (Lipinski definition) is 6. The molecule has 1 unspecified atom stereocenters. The molecule has 0 N–H and O–H groups in total. The second-order valence-electron chi connectivity index (χ2n) is 5.38. The summed E-state index contributed by atoms with van der Waals surface area (Å²) in [5.74, 6) is 0.510. The summed E-state index contributed by atoms with van der Waals surface area (Å²) >= 11 is 5.85. The van der Waals surface area contributed by atoms with Gasteiger partial charge in [0.1, 0.15) is 18.5 Å². The maximum Gasteiger partial charge on any atom is 0.262 e. The molecule has 0 aliphatic carbocycles. The van der Waals surface area contributed by atoms with Crippen molar-refractivity contribution in [1.82, 2.24) is 18.8 Å². The van der Waals surface area contributed by atoms with Crippen LogP contribution in [0.3, 0.4) is 0 Å². The highest BCUT2D eigenvalue weighted by atomic mass is 35.5. The number of morpholine rings is 1. The monoisotopic (exact) mass is 372 g/mol. The van der Waals surface area contributed by atoms with Crippen LogP contribution in [0.2, 0.25) is 5.02 Å². The highest BCUT2D eigenvalue weighted by Gasteiger charge is 2.32. The Balaban J connectivity index is 1.64. The SMILES string of the molecule is Cn1cnc(S(=O)(=O)N2CCOC(COc3cncc(Cl)c3)C2)c1. The van der Waals surface area contributed by atoms with E-state index in [2.05, 4.69) is 9.97 Å². The highest BCUT2D eigenvalue weighted by molar-refractivity contribution is 7.89. The normalized spacial score (nSPS) is 19.3. The van der Waals surface area contributed by atoms with Crippen LogP contribution < -0.4 is 4.74 Å². The van der Waals surface area contributed by atoms with Crippen molar-refractivity contribution in [1.29, 1.82) is 0 Å². The lowest BCUT2D eigenvalue weighted by Gasteiger charge is -2.31. The third-order valence-corrected chi connectivity index (χ3v) is 5.46. The van der Waals surface area contributed by atoms with Gasteiger partial charge in [0, 0.05) is 38.6 Å². The Kier molecular flexibility index (Phi) is 5.04. The molecule has 8 nitrogen and oxygen atoms in total. The standard InChI is InChI=1S/C14H17ClN4O4S/c1-18-8-14(17-10-18)24(20,21)19-2-3-22-13(7-19)9-23-12-4-11(15)5-16-6-12/h4-6,8,10,13H,2-3,7,9H2,1H3. The van der Waals surface area contributed by atoms with Crippen molar-refractivity contribution < 1.29 is 17.9 Å². The van der Waals surface area contributed by atoms with Crippen molar-refractivity contribution in [2.75, 3.05) is 26.3 Å². The van der Waals surface area contributed by atoms with E-state index in [9.17, 15) is 8.42 Å². The van der Waals surface area contributed by atoms with E-state index in [0.29, 0.717) is 17.4 Å². The van der Waals surface area contributed by atoms with E-state index in [1.165, 1.54) is 29.2 Å². The van der Waals surface area contributed by atoms with Crippen LogP contribution in [0.4, 0.5) is 0 Å². The third kappa shape index (κ3) is 3.86. The van der Waals surface area contributed by atoms with Gasteiger partial charge < -0.3 is 14.0 Å². The zero-order chi connectivity index (χ0) is 17.2. The van der Waals surface area contributed by atoms with Gasteiger partial charge in [-0.3, -0.25) is 4.98 Å². The molecule has 130 valence electrons. The van der Waals surface area contributed by atoms with Crippen LogP contribution in [0, 0.1) is 0 Å². The van der Waals surface area contributed by atoms with Crippen molar-refractivity contribution in [3.8, 4) is 5.75 Å². The molecule has 10 heteroatoms. The molecule has 3 heterocycles. The number of aryl methyl sites for hydroxylation is 1. The van der Waals surface area contributed by atoms with E-state index in [0.717, 1.165) is 0 Å². The summed E-state index contributed by atoms with van der Waals surface area (Å²) in [7, 11) is -1.91. The number of pyridine rings is 1. The molecule has 0 saturated carbocycles. The first-order chi connectivity index (χ1) is 11.4. The van der Waals surface area contributed by atoms with Gasteiger partial charge >= 0.3 is 0 Å². The number of rotatable bonds is 5. The average molecular weight is 373 g/mol. The molecule has 0 amide bonds.